The van der Waals surface area contributed by atoms with E-state index in [4.69, 9.17) is 0 Å². The van der Waals surface area contributed by atoms with Crippen LogP contribution in [0.5, 0.6) is 0 Å². The van der Waals surface area contributed by atoms with E-state index in [1.807, 2.05) is 0 Å². The summed E-state index contributed by atoms with van der Waals surface area (Å²) in [5.74, 6) is 5.93. The Morgan fingerprint density at radius 2 is 1.00 bits per heavy atom. The molecular formula is C25H52. The molecule has 0 N–H and O–H groups in total. The van der Waals surface area contributed by atoms with Gasteiger partial charge in [0.25, 0.3) is 0 Å². The Hall–Kier alpha value is 0. The molecule has 2 unspecified atom stereocenters. The molecule has 0 heteroatoms. The van der Waals surface area contributed by atoms with E-state index in [9.17, 15) is 0 Å². The lowest BCUT2D eigenvalue weighted by atomic mass is 9.75. The zero-order valence-electron chi connectivity index (χ0n) is 19.2. The minimum absolute atomic E-state index is 0.963. The Kier molecular flexibility index (Phi) is 15.1. The fourth-order valence-electron chi connectivity index (χ4n) is 4.41. The summed E-state index contributed by atoms with van der Waals surface area (Å²) < 4.78 is 0. The fourth-order valence-corrected chi connectivity index (χ4v) is 4.41. The van der Waals surface area contributed by atoms with Crippen molar-refractivity contribution in [2.24, 2.45) is 35.5 Å². The van der Waals surface area contributed by atoms with E-state index in [1.54, 1.807) is 0 Å². The number of rotatable bonds is 4. The first-order valence-electron chi connectivity index (χ1n) is 11.8. The van der Waals surface area contributed by atoms with Gasteiger partial charge < -0.3 is 0 Å². The standard InChI is InChI=1S/C9H18.C8H16.C8H18/c1-7-5-4-6-8(2)9(7)3;1-7-3-5-8(2)6-4-7;1-4-6-8(3)7-5-2/h7-9H,4-6H2,1-3H3;7-8H,3-6H2,1-2H3;8H,4-7H2,1-3H3. The van der Waals surface area contributed by atoms with Crippen LogP contribution in [0.2, 0.25) is 0 Å². The molecule has 0 aromatic carbocycles. The molecule has 25 heavy (non-hydrogen) atoms. The summed E-state index contributed by atoms with van der Waals surface area (Å²) in [6.45, 7) is 18.8. The maximum atomic E-state index is 2.40. The van der Waals surface area contributed by atoms with Crippen LogP contribution < -0.4 is 0 Å². The van der Waals surface area contributed by atoms with Crippen molar-refractivity contribution < 1.29 is 0 Å². The second-order valence-electron chi connectivity index (χ2n) is 9.79. The minimum Gasteiger partial charge on any atom is -0.0654 e. The lowest BCUT2D eigenvalue weighted by Gasteiger charge is -2.31. The Labute approximate surface area is 161 Å². The molecule has 0 amide bonds. The van der Waals surface area contributed by atoms with Crippen molar-refractivity contribution in [3.05, 3.63) is 0 Å². The maximum absolute atomic E-state index is 2.40. The average Bonchev–Trinajstić information content (AvgIpc) is 2.57. The summed E-state index contributed by atoms with van der Waals surface area (Å²) >= 11 is 0. The molecule has 0 saturated heterocycles. The van der Waals surface area contributed by atoms with Crippen LogP contribution in [0.25, 0.3) is 0 Å². The largest absolute Gasteiger partial charge is 0.0654 e. The predicted molar refractivity (Wildman–Crippen MR) is 117 cm³/mol. The molecule has 0 radical (unpaired) electrons. The Balaban J connectivity index is 0.000000347. The average molecular weight is 353 g/mol. The summed E-state index contributed by atoms with van der Waals surface area (Å²) in [4.78, 5) is 0. The third-order valence-corrected chi connectivity index (χ3v) is 6.98. The lowest BCUT2D eigenvalue weighted by molar-refractivity contribution is 0.197. The van der Waals surface area contributed by atoms with Gasteiger partial charge in [0, 0.05) is 0 Å². The van der Waals surface area contributed by atoms with Crippen LogP contribution in [0, 0.1) is 35.5 Å². The monoisotopic (exact) mass is 352 g/mol. The summed E-state index contributed by atoms with van der Waals surface area (Å²) in [7, 11) is 0. The fraction of sp³-hybridized carbons (Fsp3) is 1.00. The first-order valence-corrected chi connectivity index (χ1v) is 11.8. The highest BCUT2D eigenvalue weighted by Crippen LogP contribution is 2.33. The molecule has 0 bridgehead atoms. The normalized spacial score (nSPS) is 32.3. The van der Waals surface area contributed by atoms with Gasteiger partial charge in [-0.15, -0.1) is 0 Å². The molecule has 152 valence electrons. The minimum atomic E-state index is 0.963. The first kappa shape index (κ1) is 25.0. The van der Waals surface area contributed by atoms with E-state index in [0.29, 0.717) is 0 Å². The summed E-state index contributed by atoms with van der Waals surface area (Å²) in [5, 5.41) is 0. The van der Waals surface area contributed by atoms with Crippen LogP contribution in [0.3, 0.4) is 0 Å². The maximum Gasteiger partial charge on any atom is -0.0391 e. The predicted octanol–water partition coefficient (Wildman–Crippen LogP) is 9.13. The van der Waals surface area contributed by atoms with Crippen LogP contribution in [-0.4, -0.2) is 0 Å². The van der Waals surface area contributed by atoms with Gasteiger partial charge in [-0.1, -0.05) is 126 Å². The first-order chi connectivity index (χ1) is 11.8. The van der Waals surface area contributed by atoms with Gasteiger partial charge in [-0.3, -0.25) is 0 Å². The van der Waals surface area contributed by atoms with Gasteiger partial charge in [0.1, 0.15) is 0 Å². The van der Waals surface area contributed by atoms with E-state index in [2.05, 4.69) is 55.4 Å². The van der Waals surface area contributed by atoms with Crippen molar-refractivity contribution in [2.75, 3.05) is 0 Å². The number of hydrogen-bond donors (Lipinski definition) is 0. The molecule has 0 nitrogen and oxygen atoms in total. The Morgan fingerprint density at radius 1 is 0.640 bits per heavy atom. The number of hydrogen-bond acceptors (Lipinski definition) is 0. The highest BCUT2D eigenvalue weighted by Gasteiger charge is 2.22. The van der Waals surface area contributed by atoms with Gasteiger partial charge in [-0.05, 0) is 35.5 Å². The molecule has 2 fully saturated rings. The van der Waals surface area contributed by atoms with Crippen LogP contribution in [0.15, 0.2) is 0 Å². The van der Waals surface area contributed by atoms with E-state index in [-0.39, 0.29) is 0 Å². The molecular weight excluding hydrogens is 300 g/mol. The third kappa shape index (κ3) is 12.9. The van der Waals surface area contributed by atoms with Crippen molar-refractivity contribution in [1.82, 2.24) is 0 Å². The van der Waals surface area contributed by atoms with Gasteiger partial charge in [-0.2, -0.15) is 0 Å². The Bertz CT molecular complexity index is 248. The second kappa shape index (κ2) is 15.1. The van der Waals surface area contributed by atoms with Gasteiger partial charge in [-0.25, -0.2) is 0 Å². The van der Waals surface area contributed by atoms with Crippen LogP contribution in [-0.2, 0) is 0 Å². The molecule has 0 heterocycles. The zero-order valence-corrected chi connectivity index (χ0v) is 19.2. The second-order valence-corrected chi connectivity index (χ2v) is 9.79. The van der Waals surface area contributed by atoms with E-state index in [1.165, 1.54) is 70.6 Å². The summed E-state index contributed by atoms with van der Waals surface area (Å²) in [6.07, 6.45) is 15.8. The molecule has 2 atom stereocenters. The molecule has 0 aliphatic heterocycles. The highest BCUT2D eigenvalue weighted by molar-refractivity contribution is 4.73. The van der Waals surface area contributed by atoms with E-state index in [0.717, 1.165) is 35.5 Å². The molecule has 0 aromatic rings. The summed E-state index contributed by atoms with van der Waals surface area (Å²) in [5.41, 5.74) is 0. The van der Waals surface area contributed by atoms with Gasteiger partial charge in [0.15, 0.2) is 0 Å². The van der Waals surface area contributed by atoms with Crippen molar-refractivity contribution in [2.45, 2.75) is 126 Å². The topological polar surface area (TPSA) is 0 Å². The van der Waals surface area contributed by atoms with Crippen LogP contribution in [0.4, 0.5) is 0 Å². The zero-order chi connectivity index (χ0) is 19.2. The van der Waals surface area contributed by atoms with Crippen LogP contribution >= 0.6 is 0 Å². The molecule has 2 saturated carbocycles. The van der Waals surface area contributed by atoms with Gasteiger partial charge in [0.2, 0.25) is 0 Å². The van der Waals surface area contributed by atoms with Crippen LogP contribution in [0.1, 0.15) is 126 Å². The van der Waals surface area contributed by atoms with E-state index >= 15 is 0 Å². The van der Waals surface area contributed by atoms with Crippen molar-refractivity contribution in [3.8, 4) is 0 Å². The third-order valence-electron chi connectivity index (χ3n) is 6.98. The molecule has 2 aliphatic rings. The quantitative estimate of drug-likeness (QED) is 0.473. The molecule has 2 aliphatic carbocycles. The van der Waals surface area contributed by atoms with Crippen molar-refractivity contribution >= 4 is 0 Å². The lowest BCUT2D eigenvalue weighted by Crippen LogP contribution is -2.21. The Morgan fingerprint density at radius 3 is 1.28 bits per heavy atom. The van der Waals surface area contributed by atoms with Crippen molar-refractivity contribution in [3.63, 3.8) is 0 Å². The van der Waals surface area contributed by atoms with Crippen molar-refractivity contribution in [1.29, 1.82) is 0 Å². The van der Waals surface area contributed by atoms with Gasteiger partial charge >= 0.3 is 0 Å². The SMILES string of the molecule is CC1CCC(C)CC1.CC1CCCC(C)C1C.CCCC(C)CCC. The van der Waals surface area contributed by atoms with E-state index < -0.39 is 0 Å². The highest BCUT2D eigenvalue weighted by atomic mass is 14.3. The molecule has 0 spiro atoms. The van der Waals surface area contributed by atoms with Gasteiger partial charge in [0.05, 0.1) is 0 Å². The molecule has 0 aromatic heterocycles. The molecule has 2 rings (SSSR count). The smallest absolute Gasteiger partial charge is 0.0391 e. The summed E-state index contributed by atoms with van der Waals surface area (Å²) in [6, 6.07) is 0.